The van der Waals surface area contributed by atoms with Crippen LogP contribution in [-0.4, -0.2) is 19.0 Å². The van der Waals surface area contributed by atoms with Crippen LogP contribution in [0.1, 0.15) is 23.2 Å². The summed E-state index contributed by atoms with van der Waals surface area (Å²) in [6.45, 7) is 0.0397. The highest BCUT2D eigenvalue weighted by Gasteiger charge is 2.06. The van der Waals surface area contributed by atoms with Crippen molar-refractivity contribution in [3.05, 3.63) is 35.9 Å². The molecule has 1 aromatic rings. The lowest BCUT2D eigenvalue weighted by Crippen LogP contribution is -2.07. The number of alkyl halides is 2. The number of hydrogen-bond donors (Lipinski definition) is 0. The molecule has 1 aromatic carbocycles. The van der Waals surface area contributed by atoms with E-state index in [4.69, 9.17) is 4.74 Å². The normalized spacial score (nSPS) is 10.3. The lowest BCUT2D eigenvalue weighted by molar-refractivity contribution is 0.0465. The van der Waals surface area contributed by atoms with Gasteiger partial charge in [-0.25, -0.2) is 13.6 Å². The van der Waals surface area contributed by atoms with Gasteiger partial charge in [-0.05, 0) is 18.6 Å². The second-order valence-electron chi connectivity index (χ2n) is 3.04. The summed E-state index contributed by atoms with van der Waals surface area (Å²) >= 11 is 0. The molecule has 0 saturated heterocycles. The number of ether oxygens (including phenoxy) is 1. The van der Waals surface area contributed by atoms with E-state index < -0.39 is 12.4 Å². The van der Waals surface area contributed by atoms with Crippen molar-refractivity contribution >= 4 is 5.97 Å². The molecule has 0 aliphatic rings. The largest absolute Gasteiger partial charge is 0.462 e. The summed E-state index contributed by atoms with van der Waals surface area (Å²) in [5.41, 5.74) is 0.439. The molecule has 0 aliphatic carbocycles. The van der Waals surface area contributed by atoms with Crippen molar-refractivity contribution in [3.8, 4) is 0 Å². The van der Waals surface area contributed by atoms with E-state index in [0.29, 0.717) is 5.56 Å². The summed E-state index contributed by atoms with van der Waals surface area (Å²) in [5, 5.41) is 0. The smallest absolute Gasteiger partial charge is 0.338 e. The minimum absolute atomic E-state index is 0.0397. The van der Waals surface area contributed by atoms with Crippen LogP contribution >= 0.6 is 0 Å². The van der Waals surface area contributed by atoms with Gasteiger partial charge in [-0.1, -0.05) is 18.2 Å². The van der Waals surface area contributed by atoms with E-state index in [1.807, 2.05) is 0 Å². The van der Waals surface area contributed by atoms with Gasteiger partial charge in [-0.15, -0.1) is 0 Å². The molecule has 0 aliphatic heterocycles. The third-order valence-electron chi connectivity index (χ3n) is 1.81. The zero-order valence-corrected chi connectivity index (χ0v) is 8.16. The lowest BCUT2D eigenvalue weighted by Gasteiger charge is -2.03. The number of esters is 1. The molecule has 2 nitrogen and oxygen atoms in total. The zero-order chi connectivity index (χ0) is 11.1. The summed E-state index contributed by atoms with van der Waals surface area (Å²) in [5.74, 6) is -0.468. The van der Waals surface area contributed by atoms with Gasteiger partial charge in [-0.2, -0.15) is 0 Å². The maximum atomic E-state index is 11.7. The fourth-order valence-electron chi connectivity index (χ4n) is 1.06. The van der Waals surface area contributed by atoms with Crippen molar-refractivity contribution in [2.24, 2.45) is 0 Å². The van der Waals surface area contributed by atoms with Gasteiger partial charge in [0.15, 0.2) is 0 Å². The first kappa shape index (κ1) is 11.6. The predicted molar refractivity (Wildman–Crippen MR) is 52.0 cm³/mol. The van der Waals surface area contributed by atoms with Gasteiger partial charge < -0.3 is 4.74 Å². The minimum Gasteiger partial charge on any atom is -0.462 e. The quantitative estimate of drug-likeness (QED) is 0.556. The molecule has 0 unspecified atom stereocenters. The van der Waals surface area contributed by atoms with Crippen LogP contribution < -0.4 is 0 Å². The summed E-state index contributed by atoms with van der Waals surface area (Å²) in [6, 6.07) is 8.46. The Morgan fingerprint density at radius 1 is 1.27 bits per heavy atom. The molecular weight excluding hydrogens is 202 g/mol. The highest BCUT2D eigenvalue weighted by atomic mass is 19.3. The van der Waals surface area contributed by atoms with E-state index in [2.05, 4.69) is 0 Å². The van der Waals surface area contributed by atoms with Gasteiger partial charge in [0, 0.05) is 6.42 Å². The molecule has 0 fully saturated rings. The van der Waals surface area contributed by atoms with Crippen molar-refractivity contribution in [1.29, 1.82) is 0 Å². The topological polar surface area (TPSA) is 26.3 Å². The van der Waals surface area contributed by atoms with Crippen LogP contribution in [0.15, 0.2) is 30.3 Å². The number of hydrogen-bond acceptors (Lipinski definition) is 2. The Kier molecular flexibility index (Phi) is 4.74. The summed E-state index contributed by atoms with van der Waals surface area (Å²) in [4.78, 5) is 11.3. The first-order valence-corrected chi connectivity index (χ1v) is 4.70. The fourth-order valence-corrected chi connectivity index (χ4v) is 1.06. The maximum Gasteiger partial charge on any atom is 0.338 e. The molecule has 0 heterocycles. The predicted octanol–water partition coefficient (Wildman–Crippen LogP) is 2.89. The number of carbonyl (C=O) groups excluding carboxylic acids is 1. The Morgan fingerprint density at radius 2 is 1.93 bits per heavy atom. The van der Waals surface area contributed by atoms with Gasteiger partial charge in [0.05, 0.1) is 12.2 Å². The molecule has 0 atom stereocenters. The number of halogens is 2. The average molecular weight is 214 g/mol. The summed E-state index contributed by atoms with van der Waals surface area (Å²) in [6.07, 6.45) is -2.38. The summed E-state index contributed by atoms with van der Waals surface area (Å²) in [7, 11) is 0. The highest BCUT2D eigenvalue weighted by molar-refractivity contribution is 5.89. The van der Waals surface area contributed by atoms with Crippen molar-refractivity contribution in [2.45, 2.75) is 19.3 Å². The molecule has 0 saturated carbocycles. The van der Waals surface area contributed by atoms with E-state index in [1.165, 1.54) is 0 Å². The molecule has 0 spiro atoms. The molecule has 0 aromatic heterocycles. The molecule has 1 rings (SSSR count). The lowest BCUT2D eigenvalue weighted by atomic mass is 10.2. The van der Waals surface area contributed by atoms with Gasteiger partial charge in [0.2, 0.25) is 6.43 Å². The SMILES string of the molecule is O=C(OCCCC(F)F)c1ccccc1. The van der Waals surface area contributed by atoms with E-state index in [-0.39, 0.29) is 19.4 Å². The van der Waals surface area contributed by atoms with Crippen LogP contribution in [0.4, 0.5) is 8.78 Å². The molecule has 4 heteroatoms. The van der Waals surface area contributed by atoms with Crippen LogP contribution in [0.3, 0.4) is 0 Å². The second-order valence-corrected chi connectivity index (χ2v) is 3.04. The maximum absolute atomic E-state index is 11.7. The van der Waals surface area contributed by atoms with Gasteiger partial charge in [0.25, 0.3) is 0 Å². The Morgan fingerprint density at radius 3 is 2.53 bits per heavy atom. The molecule has 0 N–H and O–H groups in total. The first-order chi connectivity index (χ1) is 7.20. The van der Waals surface area contributed by atoms with Crippen LogP contribution in [0.2, 0.25) is 0 Å². The van der Waals surface area contributed by atoms with Crippen LogP contribution in [0, 0.1) is 0 Å². The van der Waals surface area contributed by atoms with Crippen molar-refractivity contribution in [3.63, 3.8) is 0 Å². The third-order valence-corrected chi connectivity index (χ3v) is 1.81. The number of rotatable bonds is 5. The Bertz CT molecular complexity index is 299. The minimum atomic E-state index is -2.33. The second kappa shape index (κ2) is 6.11. The molecule has 0 radical (unpaired) electrons. The standard InChI is InChI=1S/C11H12F2O2/c12-10(13)7-4-8-15-11(14)9-5-2-1-3-6-9/h1-3,5-6,10H,4,7-8H2. The van der Waals surface area contributed by atoms with E-state index in [0.717, 1.165) is 0 Å². The number of carbonyl (C=O) groups is 1. The van der Waals surface area contributed by atoms with Gasteiger partial charge in [-0.3, -0.25) is 0 Å². The number of benzene rings is 1. The van der Waals surface area contributed by atoms with Crippen molar-refractivity contribution in [1.82, 2.24) is 0 Å². The van der Waals surface area contributed by atoms with Crippen LogP contribution in [0.25, 0.3) is 0 Å². The van der Waals surface area contributed by atoms with E-state index >= 15 is 0 Å². The molecule has 15 heavy (non-hydrogen) atoms. The van der Waals surface area contributed by atoms with Crippen molar-refractivity contribution in [2.75, 3.05) is 6.61 Å². The molecular formula is C11H12F2O2. The monoisotopic (exact) mass is 214 g/mol. The Hall–Kier alpha value is -1.45. The summed E-state index contributed by atoms with van der Waals surface area (Å²) < 4.78 is 28.3. The Balaban J connectivity index is 2.25. The van der Waals surface area contributed by atoms with Gasteiger partial charge in [0.1, 0.15) is 0 Å². The van der Waals surface area contributed by atoms with E-state index in [9.17, 15) is 13.6 Å². The van der Waals surface area contributed by atoms with E-state index in [1.54, 1.807) is 30.3 Å². The third kappa shape index (κ3) is 4.54. The molecule has 0 amide bonds. The average Bonchev–Trinajstić information content (AvgIpc) is 2.25. The Labute approximate surface area is 86.9 Å². The van der Waals surface area contributed by atoms with Crippen LogP contribution in [0.5, 0.6) is 0 Å². The molecule has 0 bridgehead atoms. The van der Waals surface area contributed by atoms with Gasteiger partial charge >= 0.3 is 5.97 Å². The molecule has 82 valence electrons. The van der Waals surface area contributed by atoms with Crippen molar-refractivity contribution < 1.29 is 18.3 Å². The fraction of sp³-hybridized carbons (Fsp3) is 0.364. The van der Waals surface area contributed by atoms with Crippen LogP contribution in [-0.2, 0) is 4.74 Å². The first-order valence-electron chi connectivity index (χ1n) is 4.70. The zero-order valence-electron chi connectivity index (χ0n) is 8.16. The highest BCUT2D eigenvalue weighted by Crippen LogP contribution is 2.05.